The van der Waals surface area contributed by atoms with Crippen LogP contribution in [0.4, 0.5) is 0 Å². The number of allylic oxidation sites excluding steroid dienone is 8. The van der Waals surface area contributed by atoms with E-state index in [9.17, 15) is 19.8 Å². The molecule has 0 saturated heterocycles. The Hall–Kier alpha value is -2.18. The monoisotopic (exact) mass is 800 g/mol. The second kappa shape index (κ2) is 44.9. The molecule has 57 heavy (non-hydrogen) atoms. The molecule has 6 nitrogen and oxygen atoms in total. The Morgan fingerprint density at radius 3 is 1.53 bits per heavy atom. The number of ether oxygens (including phenoxy) is 1. The van der Waals surface area contributed by atoms with Gasteiger partial charge in [-0.25, -0.2) is 0 Å². The third-order valence-electron chi connectivity index (χ3n) is 10.9. The highest BCUT2D eigenvalue weighted by Crippen LogP contribution is 2.17. The summed E-state index contributed by atoms with van der Waals surface area (Å²) < 4.78 is 5.88. The van der Waals surface area contributed by atoms with Crippen LogP contribution in [-0.2, 0) is 14.3 Å². The summed E-state index contributed by atoms with van der Waals surface area (Å²) in [6.07, 6.45) is 53.2. The number of hydrogen-bond donors (Lipinski definition) is 3. The van der Waals surface area contributed by atoms with Crippen molar-refractivity contribution in [2.24, 2.45) is 0 Å². The second-order valence-corrected chi connectivity index (χ2v) is 16.5. The summed E-state index contributed by atoms with van der Waals surface area (Å²) in [5, 5.41) is 23.7. The van der Waals surface area contributed by atoms with Gasteiger partial charge in [-0.05, 0) is 77.0 Å². The molecule has 0 rings (SSSR count). The average Bonchev–Trinajstić information content (AvgIpc) is 3.20. The molecule has 0 aliphatic heterocycles. The summed E-state index contributed by atoms with van der Waals surface area (Å²) >= 11 is 0. The van der Waals surface area contributed by atoms with E-state index in [1.54, 1.807) is 0 Å². The first-order valence-electron chi connectivity index (χ1n) is 24.4. The minimum absolute atomic E-state index is 0.0573. The van der Waals surface area contributed by atoms with E-state index in [4.69, 9.17) is 4.74 Å². The lowest BCUT2D eigenvalue weighted by Crippen LogP contribution is -2.46. The smallest absolute Gasteiger partial charge is 0.306 e. The van der Waals surface area contributed by atoms with Crippen molar-refractivity contribution in [2.75, 3.05) is 6.61 Å². The number of rotatable bonds is 43. The molecule has 0 fully saturated rings. The minimum Gasteiger partial charge on any atom is -0.462 e. The van der Waals surface area contributed by atoms with E-state index in [1.807, 2.05) is 0 Å². The van der Waals surface area contributed by atoms with Gasteiger partial charge in [-0.2, -0.15) is 0 Å². The molecule has 3 unspecified atom stereocenters. The van der Waals surface area contributed by atoms with Crippen molar-refractivity contribution in [1.82, 2.24) is 5.32 Å². The fourth-order valence-corrected chi connectivity index (χ4v) is 7.19. The van der Waals surface area contributed by atoms with Gasteiger partial charge in [-0.3, -0.25) is 9.59 Å². The topological polar surface area (TPSA) is 95.9 Å². The Balaban J connectivity index is 4.51. The fraction of sp³-hybridized carbons (Fsp3) is 0.804. The Morgan fingerprint density at radius 2 is 0.965 bits per heavy atom. The Kier molecular flexibility index (Phi) is 43.2. The summed E-state index contributed by atoms with van der Waals surface area (Å²) in [6, 6.07) is -0.709. The van der Waals surface area contributed by atoms with Gasteiger partial charge < -0.3 is 20.3 Å². The van der Waals surface area contributed by atoms with Crippen molar-refractivity contribution in [2.45, 2.75) is 257 Å². The summed E-state index contributed by atoms with van der Waals surface area (Å²) in [6.45, 7) is 6.32. The predicted molar refractivity (Wildman–Crippen MR) is 245 cm³/mol. The van der Waals surface area contributed by atoms with Gasteiger partial charge in [0, 0.05) is 6.42 Å². The van der Waals surface area contributed by atoms with Gasteiger partial charge >= 0.3 is 5.97 Å². The number of unbranched alkanes of at least 4 members (excludes halogenated alkanes) is 23. The van der Waals surface area contributed by atoms with Gasteiger partial charge in [0.15, 0.2) is 0 Å². The van der Waals surface area contributed by atoms with Crippen LogP contribution in [0.3, 0.4) is 0 Å². The van der Waals surface area contributed by atoms with Crippen molar-refractivity contribution in [3.05, 3.63) is 48.6 Å². The number of esters is 1. The quantitative estimate of drug-likeness (QED) is 0.0324. The first-order chi connectivity index (χ1) is 28.0. The standard InChI is InChI=1S/C51H93NO5/c1-4-7-10-13-16-19-21-23-25-26-28-31-34-37-40-43-49(54)48(46-53)52-50(55)45-47(42-39-36-33-30-18-15-12-9-6-3)57-51(56)44-41-38-35-32-29-27-24-22-20-17-14-11-8-5-2/h8,11,15,17-18,20,24,27,47-49,53-54H,4-7,9-10,12-14,16,19,21-23,25-26,28-46H2,1-3H3,(H,52,55)/b11-8+,18-15-,20-17+,27-24+. The Bertz CT molecular complexity index is 988. The first-order valence-corrected chi connectivity index (χ1v) is 24.4. The molecule has 3 N–H and O–H groups in total. The molecule has 332 valence electrons. The second-order valence-electron chi connectivity index (χ2n) is 16.5. The zero-order chi connectivity index (χ0) is 41.7. The third kappa shape index (κ3) is 40.4. The van der Waals surface area contributed by atoms with Crippen molar-refractivity contribution in [1.29, 1.82) is 0 Å². The Morgan fingerprint density at radius 1 is 0.526 bits per heavy atom. The molecule has 0 bridgehead atoms. The van der Waals surface area contributed by atoms with Crippen LogP contribution in [0, 0.1) is 0 Å². The highest BCUT2D eigenvalue weighted by atomic mass is 16.5. The first kappa shape index (κ1) is 54.8. The van der Waals surface area contributed by atoms with Gasteiger partial charge in [0.2, 0.25) is 5.91 Å². The predicted octanol–water partition coefficient (Wildman–Crippen LogP) is 14.3. The maximum absolute atomic E-state index is 13.1. The summed E-state index contributed by atoms with van der Waals surface area (Å²) in [7, 11) is 0. The molecule has 0 radical (unpaired) electrons. The number of carbonyl (C=O) groups excluding carboxylic acids is 2. The zero-order valence-electron chi connectivity index (χ0n) is 37.7. The molecular weight excluding hydrogens is 707 g/mol. The van der Waals surface area contributed by atoms with Crippen LogP contribution in [0.15, 0.2) is 48.6 Å². The molecule has 0 aromatic carbocycles. The van der Waals surface area contributed by atoms with Gasteiger partial charge in [-0.15, -0.1) is 0 Å². The lowest BCUT2D eigenvalue weighted by Gasteiger charge is -2.24. The molecule has 0 heterocycles. The summed E-state index contributed by atoms with van der Waals surface area (Å²) in [5.74, 6) is -0.517. The van der Waals surface area contributed by atoms with E-state index >= 15 is 0 Å². The highest BCUT2D eigenvalue weighted by molar-refractivity contribution is 5.77. The van der Waals surface area contributed by atoms with E-state index in [0.717, 1.165) is 103 Å². The number of aliphatic hydroxyl groups excluding tert-OH is 2. The maximum Gasteiger partial charge on any atom is 0.306 e. The van der Waals surface area contributed by atoms with E-state index in [1.165, 1.54) is 89.9 Å². The van der Waals surface area contributed by atoms with Crippen LogP contribution < -0.4 is 5.32 Å². The van der Waals surface area contributed by atoms with Crippen LogP contribution in [0.2, 0.25) is 0 Å². The van der Waals surface area contributed by atoms with Crippen molar-refractivity contribution in [3.63, 3.8) is 0 Å². The molecule has 0 aliphatic carbocycles. The lowest BCUT2D eigenvalue weighted by atomic mass is 10.0. The lowest BCUT2D eigenvalue weighted by molar-refractivity contribution is -0.151. The number of nitrogens with one attached hydrogen (secondary N) is 1. The summed E-state index contributed by atoms with van der Waals surface area (Å²) in [4.78, 5) is 26.0. The van der Waals surface area contributed by atoms with Crippen LogP contribution >= 0.6 is 0 Å². The van der Waals surface area contributed by atoms with Gasteiger partial charge in [-0.1, -0.05) is 198 Å². The zero-order valence-corrected chi connectivity index (χ0v) is 37.7. The normalized spacial score (nSPS) is 13.7. The average molecular weight is 800 g/mol. The van der Waals surface area contributed by atoms with E-state index in [-0.39, 0.29) is 24.9 Å². The van der Waals surface area contributed by atoms with E-state index in [2.05, 4.69) is 74.7 Å². The minimum atomic E-state index is -0.794. The van der Waals surface area contributed by atoms with Crippen LogP contribution in [0.1, 0.15) is 239 Å². The number of hydrogen-bond acceptors (Lipinski definition) is 5. The number of aliphatic hydroxyl groups is 2. The van der Waals surface area contributed by atoms with Crippen molar-refractivity contribution < 1.29 is 24.5 Å². The van der Waals surface area contributed by atoms with Crippen LogP contribution in [0.5, 0.6) is 0 Å². The van der Waals surface area contributed by atoms with Crippen molar-refractivity contribution in [3.8, 4) is 0 Å². The molecule has 0 saturated carbocycles. The molecule has 1 amide bonds. The highest BCUT2D eigenvalue weighted by Gasteiger charge is 2.24. The van der Waals surface area contributed by atoms with Crippen molar-refractivity contribution >= 4 is 11.9 Å². The molecule has 0 aliphatic rings. The van der Waals surface area contributed by atoms with Gasteiger partial charge in [0.25, 0.3) is 0 Å². The molecule has 0 aromatic rings. The molecular formula is C51H93NO5. The Labute approximate surface area is 353 Å². The van der Waals surface area contributed by atoms with Gasteiger partial charge in [0.1, 0.15) is 6.10 Å². The van der Waals surface area contributed by atoms with E-state index in [0.29, 0.717) is 19.3 Å². The number of amides is 1. The third-order valence-corrected chi connectivity index (χ3v) is 10.9. The van der Waals surface area contributed by atoms with Crippen LogP contribution in [0.25, 0.3) is 0 Å². The molecule has 6 heteroatoms. The summed E-state index contributed by atoms with van der Waals surface area (Å²) in [5.41, 5.74) is 0. The molecule has 3 atom stereocenters. The largest absolute Gasteiger partial charge is 0.462 e. The van der Waals surface area contributed by atoms with E-state index < -0.39 is 18.2 Å². The van der Waals surface area contributed by atoms with Gasteiger partial charge in [0.05, 0.1) is 25.2 Å². The molecule has 0 aromatic heterocycles. The SMILES string of the molecule is CC/C=C/C/C=C/C/C=C/CCCCCCC(=O)OC(CCCCC/C=C\CCCC)CC(=O)NC(CO)C(O)CCCCCCCCCCCCCCCCC. The van der Waals surface area contributed by atoms with Crippen LogP contribution in [-0.4, -0.2) is 46.9 Å². The fourth-order valence-electron chi connectivity index (χ4n) is 7.19. The number of carbonyl (C=O) groups is 2. The maximum atomic E-state index is 13.1. The molecule has 0 spiro atoms.